The zero-order valence-corrected chi connectivity index (χ0v) is 15.4. The van der Waals surface area contributed by atoms with Crippen molar-refractivity contribution in [2.75, 3.05) is 19.0 Å². The molecule has 2 aromatic carbocycles. The zero-order valence-electron chi connectivity index (χ0n) is 14.6. The number of hydrogen-bond acceptors (Lipinski definition) is 6. The van der Waals surface area contributed by atoms with E-state index >= 15 is 0 Å². The summed E-state index contributed by atoms with van der Waals surface area (Å²) in [5.74, 6) is -1.03. The highest BCUT2D eigenvalue weighted by Crippen LogP contribution is 2.28. The third kappa shape index (κ3) is 6.23. The molecule has 27 heavy (non-hydrogen) atoms. The minimum Gasteiger partial charge on any atom is -0.546 e. The number of halogens is 1. The van der Waals surface area contributed by atoms with Gasteiger partial charge in [0.05, 0.1) is 18.8 Å². The number of anilines is 1. The van der Waals surface area contributed by atoms with Crippen LogP contribution in [0.2, 0.25) is 0 Å². The largest absolute Gasteiger partial charge is 0.546 e. The van der Waals surface area contributed by atoms with Gasteiger partial charge < -0.3 is 24.7 Å². The first kappa shape index (κ1) is 20.1. The van der Waals surface area contributed by atoms with Crippen molar-refractivity contribution < 1.29 is 23.8 Å². The van der Waals surface area contributed by atoms with E-state index in [4.69, 9.17) is 21.7 Å². The molecule has 2 aromatic rings. The SMILES string of the molecule is COc1cc(/C(C)=N\NC(=S)Nc2ccc(F)cc2)ccc1OCC(=O)[O-]. The van der Waals surface area contributed by atoms with E-state index in [9.17, 15) is 14.3 Å². The van der Waals surface area contributed by atoms with Crippen molar-refractivity contribution in [2.45, 2.75) is 6.92 Å². The molecule has 0 aliphatic rings. The molecule has 0 spiro atoms. The molecule has 0 radical (unpaired) electrons. The van der Waals surface area contributed by atoms with Crippen LogP contribution in [0, 0.1) is 5.82 Å². The number of hydrazone groups is 1. The Kier molecular flexibility index (Phi) is 7.07. The molecule has 7 nitrogen and oxygen atoms in total. The predicted octanol–water partition coefficient (Wildman–Crippen LogP) is 1.67. The lowest BCUT2D eigenvalue weighted by Gasteiger charge is -2.13. The summed E-state index contributed by atoms with van der Waals surface area (Å²) in [4.78, 5) is 10.5. The Morgan fingerprint density at radius 2 is 1.93 bits per heavy atom. The molecule has 142 valence electrons. The molecule has 0 saturated heterocycles. The van der Waals surface area contributed by atoms with Crippen molar-refractivity contribution >= 4 is 34.7 Å². The van der Waals surface area contributed by atoms with Crippen LogP contribution < -0.4 is 25.3 Å². The summed E-state index contributed by atoms with van der Waals surface area (Å²) in [5, 5.41) is 17.8. The third-order valence-corrected chi connectivity index (χ3v) is 3.55. The summed E-state index contributed by atoms with van der Waals surface area (Å²) in [6, 6.07) is 10.7. The van der Waals surface area contributed by atoms with Gasteiger partial charge in [-0.3, -0.25) is 5.43 Å². The van der Waals surface area contributed by atoms with Crippen molar-refractivity contribution in [3.63, 3.8) is 0 Å². The van der Waals surface area contributed by atoms with Gasteiger partial charge in [-0.05, 0) is 61.6 Å². The van der Waals surface area contributed by atoms with Gasteiger partial charge >= 0.3 is 0 Å². The Morgan fingerprint density at radius 3 is 2.56 bits per heavy atom. The van der Waals surface area contributed by atoms with E-state index in [0.29, 0.717) is 22.7 Å². The number of nitrogens with zero attached hydrogens (tertiary/aromatic N) is 1. The second-order valence-corrected chi connectivity index (χ2v) is 5.70. The maximum Gasteiger partial charge on any atom is 0.191 e. The van der Waals surface area contributed by atoms with E-state index in [-0.39, 0.29) is 16.7 Å². The van der Waals surface area contributed by atoms with E-state index in [0.717, 1.165) is 0 Å². The number of rotatable bonds is 7. The highest BCUT2D eigenvalue weighted by atomic mass is 32.1. The van der Waals surface area contributed by atoms with Crippen LogP contribution in [0.1, 0.15) is 12.5 Å². The Labute approximate surface area is 160 Å². The number of hydrogen-bond donors (Lipinski definition) is 2. The molecular formula is C18H17FN3O4S-. The molecule has 0 unspecified atom stereocenters. The lowest BCUT2D eigenvalue weighted by atomic mass is 10.1. The summed E-state index contributed by atoms with van der Waals surface area (Å²) in [7, 11) is 1.44. The lowest BCUT2D eigenvalue weighted by Crippen LogP contribution is -2.29. The molecule has 0 aliphatic heterocycles. The summed E-state index contributed by atoms with van der Waals surface area (Å²) in [5.41, 5.74) is 4.63. The number of benzene rings is 2. The quantitative estimate of drug-likeness (QED) is 0.422. The van der Waals surface area contributed by atoms with Gasteiger partial charge in [-0.1, -0.05) is 0 Å². The minimum atomic E-state index is -1.33. The standard InChI is InChI=1S/C18H18FN3O4S/c1-11(21-22-18(27)20-14-6-4-13(19)5-7-14)12-3-8-15(16(9-12)25-2)26-10-17(23)24/h3-9H,10H2,1-2H3,(H,23,24)(H2,20,22,27)/p-1/b21-11-. The number of nitrogens with one attached hydrogen (secondary N) is 2. The van der Waals surface area contributed by atoms with Crippen molar-refractivity contribution in [2.24, 2.45) is 5.10 Å². The van der Waals surface area contributed by atoms with Gasteiger partial charge in [0.1, 0.15) is 12.4 Å². The summed E-state index contributed by atoms with van der Waals surface area (Å²) in [6.07, 6.45) is 0. The summed E-state index contributed by atoms with van der Waals surface area (Å²) in [6.45, 7) is 1.18. The molecule has 9 heteroatoms. The van der Waals surface area contributed by atoms with Gasteiger partial charge in [-0.15, -0.1) is 0 Å². The maximum atomic E-state index is 12.9. The van der Waals surface area contributed by atoms with Gasteiger partial charge in [-0.2, -0.15) is 5.10 Å². The smallest absolute Gasteiger partial charge is 0.191 e. The predicted molar refractivity (Wildman–Crippen MR) is 101 cm³/mol. The van der Waals surface area contributed by atoms with Crippen molar-refractivity contribution in [1.29, 1.82) is 0 Å². The van der Waals surface area contributed by atoms with Gasteiger partial charge in [-0.25, -0.2) is 4.39 Å². The normalized spacial score (nSPS) is 10.9. The molecular weight excluding hydrogens is 373 g/mol. The molecule has 2 rings (SSSR count). The van der Waals surface area contributed by atoms with E-state index in [2.05, 4.69) is 15.8 Å². The average Bonchev–Trinajstić information content (AvgIpc) is 2.66. The molecule has 0 atom stereocenters. The Balaban J connectivity index is 2.02. The van der Waals surface area contributed by atoms with Crippen LogP contribution in [0.25, 0.3) is 0 Å². The summed E-state index contributed by atoms with van der Waals surface area (Å²) < 4.78 is 23.2. The van der Waals surface area contributed by atoms with E-state index in [1.54, 1.807) is 37.3 Å². The van der Waals surface area contributed by atoms with Crippen LogP contribution in [0.5, 0.6) is 11.5 Å². The number of carbonyl (C=O) groups is 1. The molecule has 0 saturated carbocycles. The zero-order chi connectivity index (χ0) is 19.8. The first-order chi connectivity index (χ1) is 12.9. The van der Waals surface area contributed by atoms with Crippen LogP contribution in [-0.4, -0.2) is 30.5 Å². The molecule has 0 bridgehead atoms. The monoisotopic (exact) mass is 390 g/mol. The van der Waals surface area contributed by atoms with Crippen LogP contribution in [0.3, 0.4) is 0 Å². The van der Waals surface area contributed by atoms with Crippen LogP contribution in [0.4, 0.5) is 10.1 Å². The molecule has 0 fully saturated rings. The fourth-order valence-electron chi connectivity index (χ4n) is 2.04. The topological polar surface area (TPSA) is 95.0 Å². The number of carboxylic acid groups (broad SMARTS) is 1. The fourth-order valence-corrected chi connectivity index (χ4v) is 2.20. The highest BCUT2D eigenvalue weighted by molar-refractivity contribution is 7.80. The molecule has 0 amide bonds. The van der Waals surface area contributed by atoms with Crippen LogP contribution >= 0.6 is 12.2 Å². The van der Waals surface area contributed by atoms with Crippen LogP contribution in [0.15, 0.2) is 47.6 Å². The number of ether oxygens (including phenoxy) is 2. The molecule has 2 N–H and O–H groups in total. The molecule has 0 heterocycles. The first-order valence-corrected chi connectivity index (χ1v) is 8.17. The Morgan fingerprint density at radius 1 is 1.22 bits per heavy atom. The van der Waals surface area contributed by atoms with Gasteiger partial charge in [0.25, 0.3) is 0 Å². The third-order valence-electron chi connectivity index (χ3n) is 3.35. The first-order valence-electron chi connectivity index (χ1n) is 7.77. The second kappa shape index (κ2) is 9.48. The van der Waals surface area contributed by atoms with Crippen LogP contribution in [-0.2, 0) is 4.79 Å². The van der Waals surface area contributed by atoms with Gasteiger partial charge in [0.15, 0.2) is 16.6 Å². The van der Waals surface area contributed by atoms with Crippen molar-refractivity contribution in [3.8, 4) is 11.5 Å². The number of carboxylic acids is 1. The van der Waals surface area contributed by atoms with Gasteiger partial charge in [0.2, 0.25) is 0 Å². The number of thiocarbonyl (C=S) groups is 1. The van der Waals surface area contributed by atoms with Gasteiger partial charge in [0, 0.05) is 11.3 Å². The number of methoxy groups -OCH3 is 1. The lowest BCUT2D eigenvalue weighted by molar-refractivity contribution is -0.307. The fraction of sp³-hybridized carbons (Fsp3) is 0.167. The Bertz CT molecular complexity index is 856. The van der Waals surface area contributed by atoms with E-state index in [1.807, 2.05) is 0 Å². The number of aliphatic carboxylic acids is 1. The highest BCUT2D eigenvalue weighted by Gasteiger charge is 2.08. The maximum absolute atomic E-state index is 12.9. The van der Waals surface area contributed by atoms with Crippen molar-refractivity contribution in [1.82, 2.24) is 5.43 Å². The van der Waals surface area contributed by atoms with Crippen molar-refractivity contribution in [3.05, 3.63) is 53.8 Å². The number of carbonyl (C=O) groups excluding carboxylic acids is 1. The molecule has 0 aromatic heterocycles. The van der Waals surface area contributed by atoms with E-state index in [1.165, 1.54) is 19.2 Å². The average molecular weight is 390 g/mol. The second-order valence-electron chi connectivity index (χ2n) is 5.30. The minimum absolute atomic E-state index is 0.238. The summed E-state index contributed by atoms with van der Waals surface area (Å²) >= 11 is 5.14. The van der Waals surface area contributed by atoms with E-state index < -0.39 is 12.6 Å². The Hall–Kier alpha value is -3.20. The molecule has 0 aliphatic carbocycles.